The molecule has 1 rings (SSSR count). The minimum atomic E-state index is -0.325. The van der Waals surface area contributed by atoms with Crippen molar-refractivity contribution in [3.05, 3.63) is 0 Å². The fourth-order valence-corrected chi connectivity index (χ4v) is 1.34. The second-order valence-corrected chi connectivity index (χ2v) is 2.96. The van der Waals surface area contributed by atoms with Crippen molar-refractivity contribution in [3.8, 4) is 0 Å². The van der Waals surface area contributed by atoms with Gasteiger partial charge in [0, 0.05) is 6.54 Å². The number of hydrogen-bond donors (Lipinski definition) is 1. The molecule has 1 aliphatic rings. The second-order valence-electron chi connectivity index (χ2n) is 2.96. The maximum atomic E-state index is 11.0. The SMILES string of the molecule is COC(=O)[C@]1(CN)C[C@H]1C. The lowest BCUT2D eigenvalue weighted by Crippen LogP contribution is -2.28. The van der Waals surface area contributed by atoms with E-state index in [0.717, 1.165) is 6.42 Å². The van der Waals surface area contributed by atoms with Gasteiger partial charge in [0.15, 0.2) is 0 Å². The number of nitrogens with two attached hydrogens (primary N) is 1. The summed E-state index contributed by atoms with van der Waals surface area (Å²) in [6, 6.07) is 0. The fraction of sp³-hybridized carbons (Fsp3) is 0.857. The Morgan fingerprint density at radius 2 is 2.40 bits per heavy atom. The average molecular weight is 143 g/mol. The van der Waals surface area contributed by atoms with E-state index in [0.29, 0.717) is 12.5 Å². The van der Waals surface area contributed by atoms with Crippen molar-refractivity contribution in [1.29, 1.82) is 0 Å². The molecule has 0 amide bonds. The molecule has 0 unspecified atom stereocenters. The summed E-state index contributed by atoms with van der Waals surface area (Å²) >= 11 is 0. The van der Waals surface area contributed by atoms with Gasteiger partial charge >= 0.3 is 5.97 Å². The predicted octanol–water partition coefficient (Wildman–Crippen LogP) is 0.144. The van der Waals surface area contributed by atoms with E-state index >= 15 is 0 Å². The van der Waals surface area contributed by atoms with Gasteiger partial charge in [0.25, 0.3) is 0 Å². The summed E-state index contributed by atoms with van der Waals surface area (Å²) in [5.74, 6) is 0.257. The molecule has 2 atom stereocenters. The molecule has 58 valence electrons. The van der Waals surface area contributed by atoms with Crippen LogP contribution >= 0.6 is 0 Å². The van der Waals surface area contributed by atoms with Gasteiger partial charge in [0.2, 0.25) is 0 Å². The molecular weight excluding hydrogens is 130 g/mol. The molecule has 1 fully saturated rings. The van der Waals surface area contributed by atoms with Gasteiger partial charge < -0.3 is 10.5 Å². The quantitative estimate of drug-likeness (QED) is 0.559. The minimum absolute atomic E-state index is 0.150. The van der Waals surface area contributed by atoms with Gasteiger partial charge in [-0.25, -0.2) is 0 Å². The van der Waals surface area contributed by atoms with Gasteiger partial charge in [-0.3, -0.25) is 4.79 Å². The number of carbonyl (C=O) groups is 1. The lowest BCUT2D eigenvalue weighted by molar-refractivity contribution is -0.147. The molecule has 0 heterocycles. The monoisotopic (exact) mass is 143 g/mol. The molecule has 0 spiro atoms. The van der Waals surface area contributed by atoms with Crippen molar-refractivity contribution in [1.82, 2.24) is 0 Å². The van der Waals surface area contributed by atoms with Crippen molar-refractivity contribution in [2.75, 3.05) is 13.7 Å². The molecule has 10 heavy (non-hydrogen) atoms. The Morgan fingerprint density at radius 1 is 1.90 bits per heavy atom. The van der Waals surface area contributed by atoms with E-state index < -0.39 is 0 Å². The summed E-state index contributed by atoms with van der Waals surface area (Å²) in [5, 5.41) is 0. The number of methoxy groups -OCH3 is 1. The third-order valence-electron chi connectivity index (χ3n) is 2.41. The Bertz CT molecular complexity index is 154. The van der Waals surface area contributed by atoms with Crippen LogP contribution in [0.15, 0.2) is 0 Å². The van der Waals surface area contributed by atoms with Crippen LogP contribution in [-0.2, 0) is 9.53 Å². The van der Waals surface area contributed by atoms with Crippen molar-refractivity contribution >= 4 is 5.97 Å². The molecule has 3 nitrogen and oxygen atoms in total. The molecule has 1 aliphatic carbocycles. The minimum Gasteiger partial charge on any atom is -0.469 e. The Labute approximate surface area is 60.5 Å². The molecule has 1 saturated carbocycles. The first-order chi connectivity index (χ1) is 4.67. The second kappa shape index (κ2) is 2.23. The van der Waals surface area contributed by atoms with Crippen molar-refractivity contribution < 1.29 is 9.53 Å². The molecule has 0 saturated heterocycles. The molecule has 0 aliphatic heterocycles. The highest BCUT2D eigenvalue weighted by molar-refractivity contribution is 5.80. The van der Waals surface area contributed by atoms with E-state index in [1.807, 2.05) is 6.92 Å². The number of hydrogen-bond acceptors (Lipinski definition) is 3. The van der Waals surface area contributed by atoms with Crippen molar-refractivity contribution in [3.63, 3.8) is 0 Å². The highest BCUT2D eigenvalue weighted by atomic mass is 16.5. The Hall–Kier alpha value is -0.570. The summed E-state index contributed by atoms with van der Waals surface area (Å²) in [7, 11) is 1.41. The van der Waals surface area contributed by atoms with E-state index in [-0.39, 0.29) is 11.4 Å². The van der Waals surface area contributed by atoms with Crippen LogP contribution in [0.1, 0.15) is 13.3 Å². The molecule has 0 bridgehead atoms. The van der Waals surface area contributed by atoms with E-state index in [1.54, 1.807) is 0 Å². The first-order valence-corrected chi connectivity index (χ1v) is 3.46. The maximum absolute atomic E-state index is 11.0. The normalized spacial score (nSPS) is 37.3. The summed E-state index contributed by atoms with van der Waals surface area (Å²) in [5.41, 5.74) is 5.11. The molecule has 0 aromatic carbocycles. The lowest BCUT2D eigenvalue weighted by Gasteiger charge is -2.09. The third kappa shape index (κ3) is 0.814. The first kappa shape index (κ1) is 7.54. The summed E-state index contributed by atoms with van der Waals surface area (Å²) in [6.07, 6.45) is 0.885. The van der Waals surface area contributed by atoms with Crippen molar-refractivity contribution in [2.45, 2.75) is 13.3 Å². The van der Waals surface area contributed by atoms with E-state index in [9.17, 15) is 4.79 Å². The molecule has 2 N–H and O–H groups in total. The number of esters is 1. The summed E-state index contributed by atoms with van der Waals surface area (Å²) in [6.45, 7) is 2.44. The zero-order valence-electron chi connectivity index (χ0n) is 6.39. The van der Waals surface area contributed by atoms with Gasteiger partial charge in [-0.1, -0.05) is 6.92 Å². The highest BCUT2D eigenvalue weighted by Gasteiger charge is 2.57. The number of rotatable bonds is 2. The van der Waals surface area contributed by atoms with Crippen LogP contribution < -0.4 is 5.73 Å². The molecule has 3 heteroatoms. The van der Waals surface area contributed by atoms with E-state index in [2.05, 4.69) is 4.74 Å². The zero-order chi connectivity index (χ0) is 7.78. The average Bonchev–Trinajstić information content (AvgIpc) is 2.61. The Balaban J connectivity index is 2.60. The Morgan fingerprint density at radius 3 is 2.50 bits per heavy atom. The van der Waals surface area contributed by atoms with Crippen LogP contribution in [-0.4, -0.2) is 19.6 Å². The first-order valence-electron chi connectivity index (χ1n) is 3.46. The molecule has 0 aromatic heterocycles. The lowest BCUT2D eigenvalue weighted by atomic mass is 10.1. The van der Waals surface area contributed by atoms with E-state index in [1.165, 1.54) is 7.11 Å². The van der Waals surface area contributed by atoms with Gasteiger partial charge in [0.05, 0.1) is 12.5 Å². The van der Waals surface area contributed by atoms with Crippen LogP contribution in [0.2, 0.25) is 0 Å². The standard InChI is InChI=1S/C7H13NO2/c1-5-3-7(5,4-8)6(9)10-2/h5H,3-4,8H2,1-2H3/t5-,7+/m1/s1. The smallest absolute Gasteiger partial charge is 0.313 e. The van der Waals surface area contributed by atoms with Gasteiger partial charge in [0.1, 0.15) is 0 Å². The summed E-state index contributed by atoms with van der Waals surface area (Å²) in [4.78, 5) is 11.0. The number of ether oxygens (including phenoxy) is 1. The topological polar surface area (TPSA) is 52.3 Å². The van der Waals surface area contributed by atoms with Crippen LogP contribution in [0, 0.1) is 11.3 Å². The van der Waals surface area contributed by atoms with Crippen LogP contribution in [0.4, 0.5) is 0 Å². The largest absolute Gasteiger partial charge is 0.469 e. The maximum Gasteiger partial charge on any atom is 0.313 e. The Kier molecular flexibility index (Phi) is 1.68. The predicted molar refractivity (Wildman–Crippen MR) is 37.3 cm³/mol. The van der Waals surface area contributed by atoms with Crippen LogP contribution in [0.3, 0.4) is 0 Å². The van der Waals surface area contributed by atoms with Gasteiger partial charge in [-0.05, 0) is 12.3 Å². The molecule has 0 radical (unpaired) electrons. The van der Waals surface area contributed by atoms with Gasteiger partial charge in [-0.2, -0.15) is 0 Å². The zero-order valence-corrected chi connectivity index (χ0v) is 6.39. The number of carbonyl (C=O) groups excluding carboxylic acids is 1. The highest BCUT2D eigenvalue weighted by Crippen LogP contribution is 2.51. The molecular formula is C7H13NO2. The van der Waals surface area contributed by atoms with Crippen LogP contribution in [0.25, 0.3) is 0 Å². The van der Waals surface area contributed by atoms with Crippen molar-refractivity contribution in [2.24, 2.45) is 17.1 Å². The third-order valence-corrected chi connectivity index (χ3v) is 2.41. The van der Waals surface area contributed by atoms with E-state index in [4.69, 9.17) is 5.73 Å². The van der Waals surface area contributed by atoms with Gasteiger partial charge in [-0.15, -0.1) is 0 Å². The van der Waals surface area contributed by atoms with Crippen LogP contribution in [0.5, 0.6) is 0 Å². The fourth-order valence-electron chi connectivity index (χ4n) is 1.34. The summed E-state index contributed by atoms with van der Waals surface area (Å²) < 4.78 is 4.62. The molecule has 0 aromatic rings.